The second-order valence-corrected chi connectivity index (χ2v) is 9.68. The topological polar surface area (TPSA) is 95.6 Å². The smallest absolute Gasteiger partial charge is 0.319 e. The summed E-state index contributed by atoms with van der Waals surface area (Å²) in [6, 6.07) is 3.92. The maximum Gasteiger partial charge on any atom is 0.319 e. The molecule has 0 bridgehead atoms. The summed E-state index contributed by atoms with van der Waals surface area (Å²) in [5.74, 6) is 0.504. The molecule has 0 unspecified atom stereocenters. The van der Waals surface area contributed by atoms with Gasteiger partial charge in [-0.25, -0.2) is 14.8 Å². The van der Waals surface area contributed by atoms with Crippen molar-refractivity contribution in [1.29, 1.82) is 0 Å². The fraction of sp³-hybridized carbons (Fsp3) is 0.591. The average Bonchev–Trinajstić information content (AvgIpc) is 3.29. The number of aliphatic hydroxyl groups is 1. The van der Waals surface area contributed by atoms with Crippen LogP contribution in [0.5, 0.6) is 0 Å². The molecule has 0 atom stereocenters. The van der Waals surface area contributed by atoms with Crippen LogP contribution in [0, 0.1) is 5.41 Å². The monoisotopic (exact) mass is 431 g/mol. The van der Waals surface area contributed by atoms with Crippen LogP contribution < -0.4 is 15.5 Å². The Bertz CT molecular complexity index is 817. The molecule has 0 aromatic carbocycles. The van der Waals surface area contributed by atoms with Crippen LogP contribution in [0.4, 0.5) is 16.4 Å². The third-order valence-corrected chi connectivity index (χ3v) is 7.77. The zero-order chi connectivity index (χ0) is 21.8. The molecule has 2 aromatic rings. The van der Waals surface area contributed by atoms with Gasteiger partial charge in [-0.2, -0.15) is 0 Å². The normalized spacial score (nSPS) is 23.9. The van der Waals surface area contributed by atoms with Crippen molar-refractivity contribution in [2.45, 2.75) is 51.4 Å². The summed E-state index contributed by atoms with van der Waals surface area (Å²) < 4.78 is 0. The van der Waals surface area contributed by atoms with Gasteiger partial charge in [0.05, 0.1) is 24.7 Å². The van der Waals surface area contributed by atoms with E-state index < -0.39 is 6.03 Å². The van der Waals surface area contributed by atoms with Gasteiger partial charge < -0.3 is 15.7 Å². The molecule has 0 spiro atoms. The average molecular weight is 432 g/mol. The van der Waals surface area contributed by atoms with Gasteiger partial charge in [0.1, 0.15) is 0 Å². The van der Waals surface area contributed by atoms with Crippen LogP contribution in [0.2, 0.25) is 0 Å². The lowest BCUT2D eigenvalue weighted by Gasteiger charge is -2.46. The van der Waals surface area contributed by atoms with E-state index in [1.165, 1.54) is 4.88 Å². The van der Waals surface area contributed by atoms with Crippen LogP contribution in [0.1, 0.15) is 50.8 Å². The molecule has 0 aliphatic heterocycles. The first kappa shape index (κ1) is 22.5. The van der Waals surface area contributed by atoms with E-state index in [1.807, 2.05) is 18.4 Å². The van der Waals surface area contributed by atoms with Gasteiger partial charge in [0.25, 0.3) is 0 Å². The largest absolute Gasteiger partial charge is 0.395 e. The number of aliphatic hydroxyl groups excluding tert-OH is 1. The first-order valence-electron chi connectivity index (χ1n) is 10.6. The van der Waals surface area contributed by atoms with Gasteiger partial charge in [0.2, 0.25) is 5.95 Å². The number of hydrogen-bond donors (Lipinski definition) is 2. The Balaban J connectivity index is 1.72. The van der Waals surface area contributed by atoms with Crippen LogP contribution in [0.15, 0.2) is 29.9 Å². The Kier molecular flexibility index (Phi) is 6.98. The molecule has 3 rings (SSSR count). The molecule has 0 saturated heterocycles. The zero-order valence-corrected chi connectivity index (χ0v) is 19.0. The molecule has 1 aliphatic carbocycles. The SMILES string of the molecule is CC[C@]1(c2cccs2)CC[C@@](C)(CN(C(N)=O)c2cnc(N(C)CCO)nc2)CC1. The second-order valence-electron chi connectivity index (χ2n) is 8.73. The highest BCUT2D eigenvalue weighted by Crippen LogP contribution is 2.50. The number of aromatic nitrogens is 2. The Morgan fingerprint density at radius 3 is 2.43 bits per heavy atom. The van der Waals surface area contributed by atoms with E-state index in [-0.39, 0.29) is 17.4 Å². The fourth-order valence-electron chi connectivity index (χ4n) is 4.42. The number of anilines is 2. The number of primary amides is 1. The van der Waals surface area contributed by atoms with Crippen molar-refractivity contribution >= 4 is 29.0 Å². The van der Waals surface area contributed by atoms with Crippen molar-refractivity contribution in [3.8, 4) is 0 Å². The van der Waals surface area contributed by atoms with Gasteiger partial charge in [-0.05, 0) is 49.0 Å². The van der Waals surface area contributed by atoms with Crippen LogP contribution in [0.3, 0.4) is 0 Å². The van der Waals surface area contributed by atoms with Crippen molar-refractivity contribution in [1.82, 2.24) is 9.97 Å². The number of likely N-dealkylation sites (N-methyl/N-ethyl adjacent to an activating group) is 1. The molecule has 2 aromatic heterocycles. The lowest BCUT2D eigenvalue weighted by molar-refractivity contribution is 0.147. The second kappa shape index (κ2) is 9.31. The predicted octanol–water partition coefficient (Wildman–Crippen LogP) is 3.78. The summed E-state index contributed by atoms with van der Waals surface area (Å²) in [6.07, 6.45) is 8.73. The molecular weight excluding hydrogens is 398 g/mol. The van der Waals surface area contributed by atoms with Crippen LogP contribution in [-0.4, -0.2) is 47.8 Å². The number of amides is 2. The molecule has 30 heavy (non-hydrogen) atoms. The quantitative estimate of drug-likeness (QED) is 0.663. The Labute approximate surface area is 182 Å². The first-order valence-corrected chi connectivity index (χ1v) is 11.5. The van der Waals surface area contributed by atoms with E-state index >= 15 is 0 Å². The molecule has 2 heterocycles. The van der Waals surface area contributed by atoms with Crippen LogP contribution >= 0.6 is 11.3 Å². The predicted molar refractivity (Wildman–Crippen MR) is 122 cm³/mol. The first-order chi connectivity index (χ1) is 14.3. The van der Waals surface area contributed by atoms with Gasteiger partial charge in [-0.3, -0.25) is 4.90 Å². The molecule has 164 valence electrons. The zero-order valence-electron chi connectivity index (χ0n) is 18.2. The highest BCUT2D eigenvalue weighted by molar-refractivity contribution is 7.10. The number of carbonyl (C=O) groups excluding carboxylic acids is 1. The van der Waals surface area contributed by atoms with Gasteiger partial charge >= 0.3 is 6.03 Å². The highest BCUT2D eigenvalue weighted by atomic mass is 32.1. The summed E-state index contributed by atoms with van der Waals surface area (Å²) in [5, 5.41) is 11.2. The number of thiophene rings is 1. The molecule has 1 saturated carbocycles. The van der Waals surface area contributed by atoms with Gasteiger partial charge in [-0.1, -0.05) is 19.9 Å². The number of rotatable bonds is 8. The van der Waals surface area contributed by atoms with E-state index in [9.17, 15) is 4.79 Å². The molecule has 1 fully saturated rings. The van der Waals surface area contributed by atoms with Crippen molar-refractivity contribution in [3.63, 3.8) is 0 Å². The summed E-state index contributed by atoms with van der Waals surface area (Å²) >= 11 is 1.86. The number of urea groups is 1. The maximum atomic E-state index is 12.3. The number of nitrogens with zero attached hydrogens (tertiary/aromatic N) is 4. The Hall–Kier alpha value is -2.19. The minimum absolute atomic E-state index is 0.00267. The van der Waals surface area contributed by atoms with E-state index in [0.717, 1.165) is 32.1 Å². The number of nitrogens with two attached hydrogens (primary N) is 1. The van der Waals surface area contributed by atoms with Gasteiger partial charge in [-0.15, -0.1) is 11.3 Å². The molecule has 7 nitrogen and oxygen atoms in total. The summed E-state index contributed by atoms with van der Waals surface area (Å²) in [5.41, 5.74) is 6.60. The summed E-state index contributed by atoms with van der Waals surface area (Å²) in [7, 11) is 1.81. The maximum absolute atomic E-state index is 12.3. The lowest BCUT2D eigenvalue weighted by atomic mass is 9.62. The Morgan fingerprint density at radius 2 is 1.93 bits per heavy atom. The van der Waals surface area contributed by atoms with E-state index in [4.69, 9.17) is 10.8 Å². The highest BCUT2D eigenvalue weighted by Gasteiger charge is 2.42. The summed E-state index contributed by atoms with van der Waals surface area (Å²) in [6.45, 7) is 5.56. The third-order valence-electron chi connectivity index (χ3n) is 6.65. The van der Waals surface area contributed by atoms with Crippen LogP contribution in [0.25, 0.3) is 0 Å². The summed E-state index contributed by atoms with van der Waals surface area (Å²) in [4.78, 5) is 25.8. The lowest BCUT2D eigenvalue weighted by Crippen LogP contribution is -2.46. The van der Waals surface area contributed by atoms with Gasteiger partial charge in [0, 0.05) is 30.4 Å². The Morgan fingerprint density at radius 1 is 1.27 bits per heavy atom. The van der Waals surface area contributed by atoms with Crippen molar-refractivity contribution in [2.75, 3.05) is 36.5 Å². The minimum Gasteiger partial charge on any atom is -0.395 e. The molecular formula is C22H33N5O2S. The van der Waals surface area contributed by atoms with Crippen molar-refractivity contribution in [2.24, 2.45) is 11.1 Å². The fourth-order valence-corrected chi connectivity index (χ4v) is 5.48. The minimum atomic E-state index is -0.484. The number of carbonyl (C=O) groups is 1. The van der Waals surface area contributed by atoms with E-state index in [1.54, 1.807) is 22.2 Å². The molecule has 2 amide bonds. The van der Waals surface area contributed by atoms with Gasteiger partial charge in [0.15, 0.2) is 0 Å². The van der Waals surface area contributed by atoms with Crippen molar-refractivity contribution < 1.29 is 9.90 Å². The third kappa shape index (κ3) is 4.75. The van der Waals surface area contributed by atoms with E-state index in [0.29, 0.717) is 24.7 Å². The van der Waals surface area contributed by atoms with E-state index in [2.05, 4.69) is 41.3 Å². The van der Waals surface area contributed by atoms with Crippen LogP contribution in [-0.2, 0) is 5.41 Å². The molecule has 8 heteroatoms. The molecule has 3 N–H and O–H groups in total. The molecule has 0 radical (unpaired) electrons. The molecule has 1 aliphatic rings. The van der Waals surface area contributed by atoms with Crippen molar-refractivity contribution in [3.05, 3.63) is 34.8 Å². The number of hydrogen-bond acceptors (Lipinski definition) is 6. The standard InChI is InChI=1S/C22H33N5O2S/c1-4-22(18-6-5-13-30-18)9-7-21(2,8-10-22)16-27(19(23)29)17-14-24-20(25-15-17)26(3)11-12-28/h5-6,13-15,28H,4,7-12,16H2,1-3H3,(H2,23,29)/t21-,22+.